The molecule has 1 aliphatic rings. The summed E-state index contributed by atoms with van der Waals surface area (Å²) in [6, 6.07) is 20.2. The van der Waals surface area contributed by atoms with Crippen molar-refractivity contribution < 1.29 is 8.78 Å². The Morgan fingerprint density at radius 2 is 1.79 bits per heavy atom. The van der Waals surface area contributed by atoms with Gasteiger partial charge in [-0.3, -0.25) is 4.90 Å². The highest BCUT2D eigenvalue weighted by Crippen LogP contribution is 2.39. The van der Waals surface area contributed by atoms with Gasteiger partial charge in [0.15, 0.2) is 0 Å². The summed E-state index contributed by atoms with van der Waals surface area (Å²) in [6.45, 7) is 3.29. The standard InChI is InChI=1S/C24H21F2N3/c1-24(29-16-27-22-8-4-5-9-23(22)29)20-7-3-2-6-17(20)12-13-28(24)15-18-10-11-19(25)14-21(18)26/h2-11,14,16H,12-13,15H2,1H3. The van der Waals surface area contributed by atoms with Crippen LogP contribution in [0.1, 0.15) is 23.6 Å². The summed E-state index contributed by atoms with van der Waals surface area (Å²) >= 11 is 0. The van der Waals surface area contributed by atoms with Crippen LogP contribution in [0.25, 0.3) is 11.0 Å². The van der Waals surface area contributed by atoms with Crippen LogP contribution in [0.4, 0.5) is 8.78 Å². The Hall–Kier alpha value is -3.05. The maximum absolute atomic E-state index is 14.5. The lowest BCUT2D eigenvalue weighted by Crippen LogP contribution is -2.52. The predicted molar refractivity (Wildman–Crippen MR) is 109 cm³/mol. The van der Waals surface area contributed by atoms with E-state index in [0.29, 0.717) is 12.1 Å². The molecular formula is C24H21F2N3. The zero-order valence-electron chi connectivity index (χ0n) is 16.1. The number of imidazole rings is 1. The Labute approximate surface area is 168 Å². The molecule has 5 heteroatoms. The van der Waals surface area contributed by atoms with Gasteiger partial charge in [0.1, 0.15) is 17.3 Å². The number of nitrogens with zero attached hydrogens (tertiary/aromatic N) is 3. The van der Waals surface area contributed by atoms with E-state index < -0.39 is 17.3 Å². The van der Waals surface area contributed by atoms with Crippen LogP contribution in [0, 0.1) is 11.6 Å². The normalized spacial score (nSPS) is 19.4. The van der Waals surface area contributed by atoms with E-state index in [1.54, 1.807) is 0 Å². The Morgan fingerprint density at radius 1 is 1.00 bits per heavy atom. The smallest absolute Gasteiger partial charge is 0.130 e. The number of halogens is 2. The molecule has 4 aromatic rings. The quantitative estimate of drug-likeness (QED) is 0.486. The lowest BCUT2D eigenvalue weighted by atomic mass is 9.87. The van der Waals surface area contributed by atoms with Crippen LogP contribution >= 0.6 is 0 Å². The van der Waals surface area contributed by atoms with Crippen molar-refractivity contribution in [1.29, 1.82) is 0 Å². The summed E-state index contributed by atoms with van der Waals surface area (Å²) in [5, 5.41) is 0. The van der Waals surface area contributed by atoms with Gasteiger partial charge in [-0.1, -0.05) is 42.5 Å². The number of rotatable bonds is 3. The number of fused-ring (bicyclic) bond motifs is 2. The van der Waals surface area contributed by atoms with Gasteiger partial charge in [0, 0.05) is 24.7 Å². The highest BCUT2D eigenvalue weighted by atomic mass is 19.1. The number of hydrogen-bond donors (Lipinski definition) is 0. The first-order valence-corrected chi connectivity index (χ1v) is 9.77. The average Bonchev–Trinajstić information content (AvgIpc) is 3.17. The monoisotopic (exact) mass is 389 g/mol. The Balaban J connectivity index is 1.68. The summed E-state index contributed by atoms with van der Waals surface area (Å²) in [7, 11) is 0. The minimum Gasteiger partial charge on any atom is -0.307 e. The van der Waals surface area contributed by atoms with Crippen LogP contribution in [0.5, 0.6) is 0 Å². The molecule has 1 atom stereocenters. The van der Waals surface area contributed by atoms with Crippen molar-refractivity contribution in [2.24, 2.45) is 0 Å². The Bertz CT molecular complexity index is 1200. The topological polar surface area (TPSA) is 21.1 Å². The largest absolute Gasteiger partial charge is 0.307 e. The average molecular weight is 389 g/mol. The second-order valence-electron chi connectivity index (χ2n) is 7.69. The highest BCUT2D eigenvalue weighted by molar-refractivity contribution is 5.75. The number of para-hydroxylation sites is 2. The van der Waals surface area contributed by atoms with Gasteiger partial charge in [-0.05, 0) is 42.7 Å². The van der Waals surface area contributed by atoms with Gasteiger partial charge in [-0.15, -0.1) is 0 Å². The Morgan fingerprint density at radius 3 is 2.66 bits per heavy atom. The molecule has 1 unspecified atom stereocenters. The lowest BCUT2D eigenvalue weighted by Gasteiger charge is -2.47. The van der Waals surface area contributed by atoms with Crippen molar-refractivity contribution in [3.8, 4) is 0 Å². The lowest BCUT2D eigenvalue weighted by molar-refractivity contribution is 0.0559. The molecule has 1 aliphatic heterocycles. The third-order valence-corrected chi connectivity index (χ3v) is 6.09. The second-order valence-corrected chi connectivity index (χ2v) is 7.69. The van der Waals surface area contributed by atoms with Gasteiger partial charge in [-0.25, -0.2) is 13.8 Å². The molecule has 5 rings (SSSR count). The molecule has 0 bridgehead atoms. The summed E-state index contributed by atoms with van der Waals surface area (Å²) in [6.07, 6.45) is 2.74. The van der Waals surface area contributed by atoms with E-state index in [0.717, 1.165) is 30.1 Å². The zero-order chi connectivity index (χ0) is 20.0. The second kappa shape index (κ2) is 6.78. The van der Waals surface area contributed by atoms with E-state index in [1.807, 2.05) is 30.6 Å². The summed E-state index contributed by atoms with van der Waals surface area (Å²) in [4.78, 5) is 6.85. The van der Waals surface area contributed by atoms with Crippen LogP contribution in [-0.2, 0) is 18.6 Å². The first-order valence-electron chi connectivity index (χ1n) is 9.77. The molecule has 0 fully saturated rings. The fraction of sp³-hybridized carbons (Fsp3) is 0.208. The minimum atomic E-state index is -0.557. The zero-order valence-corrected chi connectivity index (χ0v) is 16.1. The maximum atomic E-state index is 14.5. The number of benzene rings is 3. The van der Waals surface area contributed by atoms with Crippen molar-refractivity contribution in [3.63, 3.8) is 0 Å². The Kier molecular flexibility index (Phi) is 4.21. The minimum absolute atomic E-state index is 0.378. The molecule has 146 valence electrons. The SMILES string of the molecule is CC1(n2cnc3ccccc32)c2ccccc2CCN1Cc1ccc(F)cc1F. The van der Waals surface area contributed by atoms with E-state index in [2.05, 4.69) is 45.6 Å². The van der Waals surface area contributed by atoms with E-state index in [-0.39, 0.29) is 0 Å². The van der Waals surface area contributed by atoms with Crippen LogP contribution in [0.3, 0.4) is 0 Å². The molecule has 0 amide bonds. The van der Waals surface area contributed by atoms with Gasteiger partial charge in [0.2, 0.25) is 0 Å². The van der Waals surface area contributed by atoms with Crippen LogP contribution in [0.15, 0.2) is 73.1 Å². The van der Waals surface area contributed by atoms with Gasteiger partial charge >= 0.3 is 0 Å². The number of hydrogen-bond acceptors (Lipinski definition) is 2. The van der Waals surface area contributed by atoms with E-state index in [9.17, 15) is 8.78 Å². The molecule has 29 heavy (non-hydrogen) atoms. The van der Waals surface area contributed by atoms with Crippen molar-refractivity contribution >= 4 is 11.0 Å². The molecule has 2 heterocycles. The van der Waals surface area contributed by atoms with Crippen LogP contribution in [0.2, 0.25) is 0 Å². The molecule has 0 N–H and O–H groups in total. The van der Waals surface area contributed by atoms with E-state index in [1.165, 1.54) is 23.3 Å². The molecule has 3 aromatic carbocycles. The van der Waals surface area contributed by atoms with Gasteiger partial charge in [-0.2, -0.15) is 0 Å². The highest BCUT2D eigenvalue weighted by Gasteiger charge is 2.41. The number of aromatic nitrogens is 2. The maximum Gasteiger partial charge on any atom is 0.130 e. The molecule has 0 radical (unpaired) electrons. The van der Waals surface area contributed by atoms with Gasteiger partial charge < -0.3 is 4.57 Å². The first kappa shape index (κ1) is 18.0. The molecule has 0 spiro atoms. The molecule has 0 saturated heterocycles. The van der Waals surface area contributed by atoms with Crippen LogP contribution in [-0.4, -0.2) is 21.0 Å². The first-order chi connectivity index (χ1) is 14.1. The van der Waals surface area contributed by atoms with E-state index >= 15 is 0 Å². The molecule has 0 aliphatic carbocycles. The predicted octanol–water partition coefficient (Wildman–Crippen LogP) is 5.09. The molecule has 1 aromatic heterocycles. The van der Waals surface area contributed by atoms with Gasteiger partial charge in [0.25, 0.3) is 0 Å². The van der Waals surface area contributed by atoms with Crippen molar-refractivity contribution in [1.82, 2.24) is 14.5 Å². The van der Waals surface area contributed by atoms with E-state index in [4.69, 9.17) is 0 Å². The fourth-order valence-corrected chi connectivity index (χ4v) is 4.52. The van der Waals surface area contributed by atoms with Crippen molar-refractivity contribution in [2.45, 2.75) is 25.6 Å². The molecule has 3 nitrogen and oxygen atoms in total. The third kappa shape index (κ3) is 2.85. The molecular weight excluding hydrogens is 368 g/mol. The van der Waals surface area contributed by atoms with Crippen LogP contribution < -0.4 is 0 Å². The van der Waals surface area contributed by atoms with Crippen molar-refractivity contribution in [3.05, 3.63) is 101 Å². The fourth-order valence-electron chi connectivity index (χ4n) is 4.52. The van der Waals surface area contributed by atoms with Crippen molar-refractivity contribution in [2.75, 3.05) is 6.54 Å². The molecule has 0 saturated carbocycles. The van der Waals surface area contributed by atoms with Gasteiger partial charge in [0.05, 0.1) is 17.4 Å². The summed E-state index contributed by atoms with van der Waals surface area (Å²) < 4.78 is 30.0. The summed E-state index contributed by atoms with van der Waals surface area (Å²) in [5.41, 5.74) is 4.34. The summed E-state index contributed by atoms with van der Waals surface area (Å²) in [5.74, 6) is -1.07. The third-order valence-electron chi connectivity index (χ3n) is 6.09.